The number of alkyl halides is 3. The minimum atomic E-state index is -4.28. The van der Waals surface area contributed by atoms with E-state index in [-0.39, 0.29) is 5.39 Å². The van der Waals surface area contributed by atoms with Crippen LogP contribution in [0.2, 0.25) is 0 Å². The van der Waals surface area contributed by atoms with Gasteiger partial charge in [-0.2, -0.15) is 13.2 Å². The molecule has 0 N–H and O–H groups in total. The summed E-state index contributed by atoms with van der Waals surface area (Å²) in [5, 5.41) is 1.71. The van der Waals surface area contributed by atoms with E-state index in [2.05, 4.69) is 6.07 Å². The highest BCUT2D eigenvalue weighted by Gasteiger charge is 2.32. The minimum absolute atomic E-state index is 0.167. The molecule has 2 aromatic rings. The second-order valence-corrected chi connectivity index (χ2v) is 3.47. The molecule has 2 rings (SSSR count). The summed E-state index contributed by atoms with van der Waals surface area (Å²) in [5.74, 6) is 0. The molecule has 1 aromatic carbocycles. The first kappa shape index (κ1) is 8.56. The van der Waals surface area contributed by atoms with E-state index in [1.807, 2.05) is 0 Å². The highest BCUT2D eigenvalue weighted by Crippen LogP contribution is 2.35. The van der Waals surface area contributed by atoms with Crippen LogP contribution < -0.4 is 0 Å². The van der Waals surface area contributed by atoms with Crippen molar-refractivity contribution < 1.29 is 13.2 Å². The normalized spacial score (nSPS) is 12.2. The van der Waals surface area contributed by atoms with Crippen molar-refractivity contribution in [2.75, 3.05) is 0 Å². The van der Waals surface area contributed by atoms with Crippen LogP contribution in [0.1, 0.15) is 5.56 Å². The first-order chi connectivity index (χ1) is 6.09. The summed E-state index contributed by atoms with van der Waals surface area (Å²) in [6.07, 6.45) is -4.28. The lowest BCUT2D eigenvalue weighted by Gasteiger charge is -2.06. The molecule has 0 aliphatic rings. The van der Waals surface area contributed by atoms with Gasteiger partial charge in [-0.05, 0) is 17.5 Å². The van der Waals surface area contributed by atoms with Crippen LogP contribution in [0.25, 0.3) is 10.1 Å². The molecule has 0 aliphatic carbocycles. The van der Waals surface area contributed by atoms with Crippen molar-refractivity contribution in [1.82, 2.24) is 0 Å². The number of hydrogen-bond acceptors (Lipinski definition) is 1. The molecule has 0 saturated carbocycles. The van der Waals surface area contributed by atoms with Crippen LogP contribution in [-0.4, -0.2) is 0 Å². The third-order valence-corrected chi connectivity index (χ3v) is 2.55. The van der Waals surface area contributed by atoms with E-state index in [9.17, 15) is 13.2 Å². The minimum Gasteiger partial charge on any atom is -0.166 e. The van der Waals surface area contributed by atoms with Gasteiger partial charge in [0.2, 0.25) is 0 Å². The molecule has 0 unspecified atom stereocenters. The third-order valence-electron chi connectivity index (χ3n) is 1.72. The second kappa shape index (κ2) is 2.73. The van der Waals surface area contributed by atoms with Crippen LogP contribution in [0.15, 0.2) is 23.6 Å². The standard InChI is InChI=1S/C9H4F3S/c10-9(11,12)7-2-1-3-8-6(7)4-5-13-8/h1-3,5H. The molecule has 1 radical (unpaired) electrons. The number of rotatable bonds is 0. The number of halogens is 3. The summed E-state index contributed by atoms with van der Waals surface area (Å²) in [4.78, 5) is 0. The number of benzene rings is 1. The molecule has 1 heterocycles. The Morgan fingerprint density at radius 1 is 1.23 bits per heavy atom. The maximum atomic E-state index is 12.4. The fraction of sp³-hybridized carbons (Fsp3) is 0.111. The lowest BCUT2D eigenvalue weighted by molar-refractivity contribution is -0.136. The summed E-state index contributed by atoms with van der Waals surface area (Å²) in [7, 11) is 0. The fourth-order valence-corrected chi connectivity index (χ4v) is 1.91. The average Bonchev–Trinajstić information content (AvgIpc) is 2.48. The Bertz CT molecular complexity index is 428. The van der Waals surface area contributed by atoms with E-state index in [1.165, 1.54) is 17.4 Å². The van der Waals surface area contributed by atoms with E-state index < -0.39 is 11.7 Å². The number of thiophene rings is 1. The first-order valence-corrected chi connectivity index (χ1v) is 4.42. The molecule has 0 bridgehead atoms. The van der Waals surface area contributed by atoms with E-state index in [0.29, 0.717) is 4.70 Å². The molecule has 0 amide bonds. The average molecular weight is 201 g/mol. The maximum Gasteiger partial charge on any atom is 0.417 e. The Kier molecular flexibility index (Phi) is 1.80. The van der Waals surface area contributed by atoms with Gasteiger partial charge in [-0.25, -0.2) is 0 Å². The first-order valence-electron chi connectivity index (χ1n) is 3.54. The Morgan fingerprint density at radius 3 is 2.69 bits per heavy atom. The summed E-state index contributed by atoms with van der Waals surface area (Å²) >= 11 is 1.26. The van der Waals surface area contributed by atoms with Gasteiger partial charge >= 0.3 is 6.18 Å². The monoisotopic (exact) mass is 201 g/mol. The molecular weight excluding hydrogens is 197 g/mol. The van der Waals surface area contributed by atoms with Gasteiger partial charge in [0.05, 0.1) is 5.56 Å². The predicted molar refractivity (Wildman–Crippen MR) is 45.7 cm³/mol. The summed E-state index contributed by atoms with van der Waals surface area (Å²) < 4.78 is 37.8. The summed E-state index contributed by atoms with van der Waals surface area (Å²) in [5.41, 5.74) is -0.605. The molecule has 0 aliphatic heterocycles. The van der Waals surface area contributed by atoms with Gasteiger partial charge in [0.15, 0.2) is 0 Å². The SMILES string of the molecule is FC(F)(F)c1cccc2sc[c]c12. The largest absolute Gasteiger partial charge is 0.417 e. The van der Waals surface area contributed by atoms with Gasteiger partial charge < -0.3 is 0 Å². The van der Waals surface area contributed by atoms with Crippen molar-refractivity contribution in [3.05, 3.63) is 35.2 Å². The molecule has 0 atom stereocenters. The molecule has 1 aromatic heterocycles. The van der Waals surface area contributed by atoms with E-state index in [4.69, 9.17) is 0 Å². The Balaban J connectivity index is 2.75. The van der Waals surface area contributed by atoms with Gasteiger partial charge in [0, 0.05) is 16.2 Å². The van der Waals surface area contributed by atoms with Crippen LogP contribution in [0.3, 0.4) is 0 Å². The van der Waals surface area contributed by atoms with Gasteiger partial charge in [0.1, 0.15) is 0 Å². The number of fused-ring (bicyclic) bond motifs is 1. The molecule has 0 nitrogen and oxygen atoms in total. The molecule has 4 heteroatoms. The van der Waals surface area contributed by atoms with Crippen molar-refractivity contribution in [3.63, 3.8) is 0 Å². The topological polar surface area (TPSA) is 0 Å². The Morgan fingerprint density at radius 2 is 2.00 bits per heavy atom. The second-order valence-electron chi connectivity index (χ2n) is 2.56. The van der Waals surface area contributed by atoms with Gasteiger partial charge in [-0.3, -0.25) is 0 Å². The van der Waals surface area contributed by atoms with Crippen LogP contribution in [-0.2, 0) is 6.18 Å². The molecule has 0 saturated heterocycles. The summed E-state index contributed by atoms with van der Waals surface area (Å²) in [6, 6.07) is 6.74. The zero-order valence-corrected chi connectivity index (χ0v) is 7.17. The van der Waals surface area contributed by atoms with E-state index in [0.717, 1.165) is 6.07 Å². The lowest BCUT2D eigenvalue weighted by Crippen LogP contribution is -2.04. The van der Waals surface area contributed by atoms with Crippen molar-refractivity contribution in [3.8, 4) is 0 Å². The van der Waals surface area contributed by atoms with Crippen molar-refractivity contribution >= 4 is 21.4 Å². The quantitative estimate of drug-likeness (QED) is 0.609. The predicted octanol–water partition coefficient (Wildman–Crippen LogP) is 3.72. The van der Waals surface area contributed by atoms with Gasteiger partial charge in [-0.15, -0.1) is 11.3 Å². The van der Waals surface area contributed by atoms with Gasteiger partial charge in [-0.1, -0.05) is 6.07 Å². The van der Waals surface area contributed by atoms with Crippen LogP contribution >= 0.6 is 11.3 Å². The Labute approximate surface area is 76.6 Å². The maximum absolute atomic E-state index is 12.4. The highest BCUT2D eigenvalue weighted by atomic mass is 32.1. The Hall–Kier alpha value is -1.03. The lowest BCUT2D eigenvalue weighted by atomic mass is 10.1. The molecule has 13 heavy (non-hydrogen) atoms. The van der Waals surface area contributed by atoms with Crippen LogP contribution in [0.5, 0.6) is 0 Å². The van der Waals surface area contributed by atoms with Crippen LogP contribution in [0, 0.1) is 6.07 Å². The summed E-state index contributed by atoms with van der Waals surface area (Å²) in [6.45, 7) is 0. The number of hydrogen-bond donors (Lipinski definition) is 0. The van der Waals surface area contributed by atoms with Crippen molar-refractivity contribution in [2.24, 2.45) is 0 Å². The fourth-order valence-electron chi connectivity index (χ4n) is 1.17. The van der Waals surface area contributed by atoms with Gasteiger partial charge in [0.25, 0.3) is 0 Å². The smallest absolute Gasteiger partial charge is 0.166 e. The van der Waals surface area contributed by atoms with Crippen molar-refractivity contribution in [2.45, 2.75) is 6.18 Å². The molecule has 0 fully saturated rings. The third kappa shape index (κ3) is 1.42. The van der Waals surface area contributed by atoms with E-state index >= 15 is 0 Å². The zero-order chi connectivity index (χ0) is 9.47. The molecular formula is C9H4F3S. The molecule has 0 spiro atoms. The molecule has 67 valence electrons. The highest BCUT2D eigenvalue weighted by molar-refractivity contribution is 7.17. The van der Waals surface area contributed by atoms with Crippen molar-refractivity contribution in [1.29, 1.82) is 0 Å². The van der Waals surface area contributed by atoms with E-state index in [1.54, 1.807) is 11.4 Å². The van der Waals surface area contributed by atoms with Crippen LogP contribution in [0.4, 0.5) is 13.2 Å². The zero-order valence-electron chi connectivity index (χ0n) is 6.35.